The van der Waals surface area contributed by atoms with Crippen LogP contribution in [0.25, 0.3) is 11.3 Å². The monoisotopic (exact) mass is 330 g/mol. The second-order valence-corrected chi connectivity index (χ2v) is 5.70. The Bertz CT molecular complexity index is 813. The summed E-state index contributed by atoms with van der Waals surface area (Å²) in [5.74, 6) is 0.718. The van der Waals surface area contributed by atoms with E-state index in [1.165, 1.54) is 0 Å². The average Bonchev–Trinajstić information content (AvgIpc) is 3.13. The zero-order valence-electron chi connectivity index (χ0n) is 12.6. The number of amides is 1. The molecule has 2 heterocycles. The van der Waals surface area contributed by atoms with E-state index in [0.717, 1.165) is 22.9 Å². The first-order chi connectivity index (χ1) is 11.1. The van der Waals surface area contributed by atoms with Gasteiger partial charge in [-0.3, -0.25) is 10.1 Å². The van der Waals surface area contributed by atoms with E-state index in [2.05, 4.69) is 20.7 Å². The molecule has 7 nitrogen and oxygen atoms in total. The fourth-order valence-electron chi connectivity index (χ4n) is 1.94. The molecule has 0 atom stereocenters. The third-order valence-corrected chi connectivity index (χ3v) is 3.88. The number of thioether (sulfide) groups is 1. The van der Waals surface area contributed by atoms with Gasteiger partial charge in [0.25, 0.3) is 5.22 Å². The van der Waals surface area contributed by atoms with Gasteiger partial charge in [0.15, 0.2) is 0 Å². The number of carbonyl (C=O) groups excluding carboxylic acids is 1. The Kier molecular flexibility index (Phi) is 4.42. The van der Waals surface area contributed by atoms with Crippen LogP contribution in [0.5, 0.6) is 0 Å². The highest BCUT2D eigenvalue weighted by Crippen LogP contribution is 2.27. The molecule has 0 aliphatic rings. The second-order valence-electron chi connectivity index (χ2n) is 4.78. The number of rotatable bonds is 5. The minimum absolute atomic E-state index is 0.141. The van der Waals surface area contributed by atoms with Gasteiger partial charge in [-0.05, 0) is 6.92 Å². The van der Waals surface area contributed by atoms with Crippen LogP contribution < -0.4 is 5.32 Å². The molecule has 3 aromatic rings. The summed E-state index contributed by atoms with van der Waals surface area (Å²) in [6.45, 7) is 3.54. The minimum Gasteiger partial charge on any atom is -0.416 e. The van der Waals surface area contributed by atoms with Crippen LogP contribution in [0.15, 0.2) is 44.5 Å². The van der Waals surface area contributed by atoms with E-state index >= 15 is 0 Å². The number of aryl methyl sites for hydroxylation is 1. The maximum atomic E-state index is 12.0. The zero-order chi connectivity index (χ0) is 16.2. The number of aromatic nitrogens is 3. The number of nitrogens with one attached hydrogen (secondary N) is 1. The molecule has 23 heavy (non-hydrogen) atoms. The Balaban J connectivity index is 1.64. The van der Waals surface area contributed by atoms with Crippen molar-refractivity contribution in [2.24, 2.45) is 0 Å². The maximum Gasteiger partial charge on any atom is 0.277 e. The lowest BCUT2D eigenvalue weighted by atomic mass is 10.1. The molecule has 3 rings (SSSR count). The standard InChI is InChI=1S/C15H14N4O3S/c1-9-13(11-6-4-3-5-7-11)19-22-14(9)16-12(20)8-23-15-18-17-10(2)21-15/h3-7H,8H2,1-2H3,(H,16,20). The van der Waals surface area contributed by atoms with E-state index in [9.17, 15) is 4.79 Å². The molecule has 0 radical (unpaired) electrons. The van der Waals surface area contributed by atoms with Crippen molar-refractivity contribution in [2.45, 2.75) is 19.1 Å². The molecule has 1 amide bonds. The zero-order valence-corrected chi connectivity index (χ0v) is 13.4. The van der Waals surface area contributed by atoms with Gasteiger partial charge in [0, 0.05) is 18.1 Å². The van der Waals surface area contributed by atoms with Crippen LogP contribution in [0.3, 0.4) is 0 Å². The number of hydrogen-bond donors (Lipinski definition) is 1. The van der Waals surface area contributed by atoms with E-state index in [-0.39, 0.29) is 11.7 Å². The molecule has 1 N–H and O–H groups in total. The first-order valence-electron chi connectivity index (χ1n) is 6.88. The van der Waals surface area contributed by atoms with E-state index < -0.39 is 0 Å². The SMILES string of the molecule is Cc1nnc(SCC(=O)Nc2onc(-c3ccccc3)c2C)o1. The van der Waals surface area contributed by atoms with Gasteiger partial charge < -0.3 is 8.94 Å². The van der Waals surface area contributed by atoms with Crippen LogP contribution in [0.1, 0.15) is 11.5 Å². The summed E-state index contributed by atoms with van der Waals surface area (Å²) in [5, 5.41) is 14.6. The summed E-state index contributed by atoms with van der Waals surface area (Å²) in [5.41, 5.74) is 2.43. The number of nitrogens with zero attached hydrogens (tertiary/aromatic N) is 3. The fourth-order valence-corrected chi connectivity index (χ4v) is 2.55. The van der Waals surface area contributed by atoms with Crippen LogP contribution in [-0.4, -0.2) is 27.0 Å². The second kappa shape index (κ2) is 6.66. The van der Waals surface area contributed by atoms with Crippen molar-refractivity contribution in [3.05, 3.63) is 41.8 Å². The predicted octanol–water partition coefficient (Wildman–Crippen LogP) is 3.07. The molecule has 2 aromatic heterocycles. The average molecular weight is 330 g/mol. The van der Waals surface area contributed by atoms with Gasteiger partial charge in [0.05, 0.1) is 5.75 Å². The van der Waals surface area contributed by atoms with Gasteiger partial charge in [0.1, 0.15) is 5.69 Å². The van der Waals surface area contributed by atoms with Crippen LogP contribution >= 0.6 is 11.8 Å². The van der Waals surface area contributed by atoms with Gasteiger partial charge in [-0.15, -0.1) is 10.2 Å². The predicted molar refractivity (Wildman–Crippen MR) is 85.1 cm³/mol. The van der Waals surface area contributed by atoms with E-state index in [1.54, 1.807) is 6.92 Å². The number of benzene rings is 1. The third kappa shape index (κ3) is 3.59. The van der Waals surface area contributed by atoms with Crippen molar-refractivity contribution in [3.63, 3.8) is 0 Å². The Hall–Kier alpha value is -2.61. The molecule has 0 saturated heterocycles. The van der Waals surface area contributed by atoms with Crippen LogP contribution in [0, 0.1) is 13.8 Å². The first kappa shape index (κ1) is 15.3. The van der Waals surface area contributed by atoms with Gasteiger partial charge >= 0.3 is 0 Å². The molecular weight excluding hydrogens is 316 g/mol. The molecule has 1 aromatic carbocycles. The highest BCUT2D eigenvalue weighted by molar-refractivity contribution is 7.99. The molecule has 0 saturated carbocycles. The van der Waals surface area contributed by atoms with E-state index in [4.69, 9.17) is 8.94 Å². The summed E-state index contributed by atoms with van der Waals surface area (Å²) in [4.78, 5) is 12.0. The Morgan fingerprint density at radius 3 is 2.70 bits per heavy atom. The van der Waals surface area contributed by atoms with Crippen molar-refractivity contribution in [1.82, 2.24) is 15.4 Å². The molecular formula is C15H14N4O3S. The lowest BCUT2D eigenvalue weighted by molar-refractivity contribution is -0.113. The normalized spacial score (nSPS) is 10.7. The number of hydrogen-bond acceptors (Lipinski definition) is 7. The smallest absolute Gasteiger partial charge is 0.277 e. The molecule has 118 valence electrons. The van der Waals surface area contributed by atoms with Crippen LogP contribution in [0.2, 0.25) is 0 Å². The van der Waals surface area contributed by atoms with Gasteiger partial charge in [-0.2, -0.15) is 0 Å². The first-order valence-corrected chi connectivity index (χ1v) is 7.86. The van der Waals surface area contributed by atoms with Gasteiger partial charge in [0.2, 0.25) is 17.7 Å². The van der Waals surface area contributed by atoms with Crippen molar-refractivity contribution in [2.75, 3.05) is 11.1 Å². The van der Waals surface area contributed by atoms with E-state index in [1.807, 2.05) is 37.3 Å². The number of carbonyl (C=O) groups is 1. The summed E-state index contributed by atoms with van der Waals surface area (Å²) in [6, 6.07) is 9.64. The van der Waals surface area contributed by atoms with Crippen molar-refractivity contribution in [1.29, 1.82) is 0 Å². The molecule has 0 unspecified atom stereocenters. The lowest BCUT2D eigenvalue weighted by Crippen LogP contribution is -2.14. The van der Waals surface area contributed by atoms with E-state index in [0.29, 0.717) is 22.7 Å². The summed E-state index contributed by atoms with van der Waals surface area (Å²) in [6.07, 6.45) is 0. The summed E-state index contributed by atoms with van der Waals surface area (Å²) >= 11 is 1.16. The van der Waals surface area contributed by atoms with Crippen molar-refractivity contribution < 1.29 is 13.7 Å². The topological polar surface area (TPSA) is 94.1 Å². The Labute approximate surface area is 136 Å². The highest BCUT2D eigenvalue weighted by atomic mass is 32.2. The summed E-state index contributed by atoms with van der Waals surface area (Å²) < 4.78 is 10.4. The molecule has 0 spiro atoms. The highest BCUT2D eigenvalue weighted by Gasteiger charge is 2.16. The number of anilines is 1. The molecule has 0 fully saturated rings. The minimum atomic E-state index is -0.232. The molecule has 0 aliphatic heterocycles. The van der Waals surface area contributed by atoms with Crippen LogP contribution in [-0.2, 0) is 4.79 Å². The van der Waals surface area contributed by atoms with Gasteiger partial charge in [-0.1, -0.05) is 47.3 Å². The maximum absolute atomic E-state index is 12.0. The quantitative estimate of drug-likeness (QED) is 0.718. The molecule has 0 aliphatic carbocycles. The van der Waals surface area contributed by atoms with Crippen LogP contribution in [0.4, 0.5) is 5.88 Å². The molecule has 0 bridgehead atoms. The lowest BCUT2D eigenvalue weighted by Gasteiger charge is -2.01. The fraction of sp³-hybridized carbons (Fsp3) is 0.200. The van der Waals surface area contributed by atoms with Crippen molar-refractivity contribution in [3.8, 4) is 11.3 Å². The molecule has 8 heteroatoms. The third-order valence-electron chi connectivity index (χ3n) is 3.06. The Morgan fingerprint density at radius 2 is 2.00 bits per heavy atom. The summed E-state index contributed by atoms with van der Waals surface area (Å²) in [7, 11) is 0. The Morgan fingerprint density at radius 1 is 1.22 bits per heavy atom. The van der Waals surface area contributed by atoms with Gasteiger partial charge in [-0.25, -0.2) is 0 Å². The largest absolute Gasteiger partial charge is 0.416 e. The van der Waals surface area contributed by atoms with Crippen molar-refractivity contribution >= 4 is 23.6 Å².